The summed E-state index contributed by atoms with van der Waals surface area (Å²) in [4.78, 5) is 0. The summed E-state index contributed by atoms with van der Waals surface area (Å²) in [7, 11) is 0. The van der Waals surface area contributed by atoms with Crippen molar-refractivity contribution in [1.82, 2.24) is 0 Å². The Bertz CT molecular complexity index is 411. The minimum atomic E-state index is -2.22. The lowest BCUT2D eigenvalue weighted by Crippen LogP contribution is -1.88. The first-order valence-corrected chi connectivity index (χ1v) is 4.90. The lowest BCUT2D eigenvalue weighted by Gasteiger charge is -1.97. The Hall–Kier alpha value is -1.58. The summed E-state index contributed by atoms with van der Waals surface area (Å²) in [6.45, 7) is 0. The molecule has 72 valence electrons. The third kappa shape index (κ3) is 3.43. The molecule has 1 rings (SSSR count). The van der Waals surface area contributed by atoms with Gasteiger partial charge in [-0.25, -0.2) is 0 Å². The summed E-state index contributed by atoms with van der Waals surface area (Å²) in [5.74, 6) is -0.364. The van der Waals surface area contributed by atoms with Crippen LogP contribution >= 0.6 is 0 Å². The van der Waals surface area contributed by atoms with Crippen LogP contribution in [0.25, 0.3) is 0 Å². The van der Waals surface area contributed by atoms with Gasteiger partial charge >= 0.3 is 0 Å². The summed E-state index contributed by atoms with van der Waals surface area (Å²) in [5, 5.41) is 15.6. The first-order chi connectivity index (χ1) is 6.72. The van der Waals surface area contributed by atoms with Gasteiger partial charge in [-0.1, -0.05) is 6.07 Å². The van der Waals surface area contributed by atoms with Crippen molar-refractivity contribution in [2.24, 2.45) is 10.2 Å². The molecule has 0 heterocycles. The van der Waals surface area contributed by atoms with Gasteiger partial charge in [0.2, 0.25) is 0 Å². The van der Waals surface area contributed by atoms with E-state index < -0.39 is 11.1 Å². The average Bonchev–Trinajstić information content (AvgIpc) is 2.18. The molecule has 0 aliphatic rings. The van der Waals surface area contributed by atoms with Gasteiger partial charge in [0, 0.05) is 0 Å². The van der Waals surface area contributed by atoms with E-state index in [0.29, 0.717) is 11.3 Å². The minimum absolute atomic E-state index is 0.364. The van der Waals surface area contributed by atoms with E-state index in [1.54, 1.807) is 18.2 Å². The molecule has 1 aromatic rings. The highest BCUT2D eigenvalue weighted by molar-refractivity contribution is 7.79. The number of rotatable bonds is 3. The molecule has 5 nitrogen and oxygen atoms in total. The van der Waals surface area contributed by atoms with Crippen LogP contribution in [-0.2, 0) is 11.1 Å². The molecule has 0 aliphatic carbocycles. The number of azo groups is 1. The third-order valence-corrected chi connectivity index (χ3v) is 1.65. The lowest BCUT2D eigenvalue weighted by molar-refractivity contribution is 0.536. The minimum Gasteiger partial charge on any atom is -0.771 e. The Kier molecular flexibility index (Phi) is 3.91. The molecular weight excluding hydrogens is 202 g/mol. The number of hydrogen-bond acceptors (Lipinski definition) is 5. The highest BCUT2D eigenvalue weighted by Crippen LogP contribution is 2.13. The number of benzene rings is 1. The number of nitrogens with zero attached hydrogens (tertiary/aromatic N) is 3. The Balaban J connectivity index is 2.72. The molecule has 0 spiro atoms. The smallest absolute Gasteiger partial charge is 0.122 e. The summed E-state index contributed by atoms with van der Waals surface area (Å²) in [5.41, 5.74) is 0.930. The maximum atomic E-state index is 10.1. The van der Waals surface area contributed by atoms with Crippen molar-refractivity contribution in [2.45, 2.75) is 0 Å². The molecule has 14 heavy (non-hydrogen) atoms. The summed E-state index contributed by atoms with van der Waals surface area (Å²) in [6.07, 6.45) is 0. The fraction of sp³-hybridized carbons (Fsp3) is 0.125. The third-order valence-electron chi connectivity index (χ3n) is 1.32. The standard InChI is InChI=1S/C8H7N3O2S/c9-5-7-2-1-3-8(4-7)11-10-6-14(12)13/h1-4H,6H2,(H,12,13)/p-1. The molecule has 1 atom stereocenters. The Labute approximate surface area is 83.4 Å². The molecule has 0 bridgehead atoms. The van der Waals surface area contributed by atoms with Gasteiger partial charge in [-0.05, 0) is 29.3 Å². The summed E-state index contributed by atoms with van der Waals surface area (Å²) in [6, 6.07) is 8.39. The zero-order valence-electron chi connectivity index (χ0n) is 7.08. The molecule has 0 N–H and O–H groups in total. The van der Waals surface area contributed by atoms with Crippen LogP contribution in [-0.4, -0.2) is 14.6 Å². The van der Waals surface area contributed by atoms with Gasteiger partial charge in [0.15, 0.2) is 0 Å². The number of nitriles is 1. The Morgan fingerprint density at radius 3 is 3.00 bits per heavy atom. The quantitative estimate of drug-likeness (QED) is 0.556. The molecule has 0 radical (unpaired) electrons. The van der Waals surface area contributed by atoms with E-state index in [1.807, 2.05) is 6.07 Å². The average molecular weight is 208 g/mol. The van der Waals surface area contributed by atoms with Crippen molar-refractivity contribution in [2.75, 3.05) is 5.88 Å². The highest BCUT2D eigenvalue weighted by Gasteiger charge is 1.91. The molecule has 0 amide bonds. The van der Waals surface area contributed by atoms with E-state index in [4.69, 9.17) is 5.26 Å². The summed E-state index contributed by atoms with van der Waals surface area (Å²) < 4.78 is 20.2. The van der Waals surface area contributed by atoms with E-state index in [2.05, 4.69) is 10.2 Å². The first-order valence-electron chi connectivity index (χ1n) is 3.66. The van der Waals surface area contributed by atoms with Crippen molar-refractivity contribution in [1.29, 1.82) is 5.26 Å². The second-order valence-electron chi connectivity index (χ2n) is 2.34. The molecule has 1 unspecified atom stereocenters. The predicted molar refractivity (Wildman–Crippen MR) is 49.5 cm³/mol. The maximum absolute atomic E-state index is 10.1. The van der Waals surface area contributed by atoms with Gasteiger partial charge < -0.3 is 4.55 Å². The van der Waals surface area contributed by atoms with Crippen molar-refractivity contribution >= 4 is 16.8 Å². The highest BCUT2D eigenvalue weighted by atomic mass is 32.2. The van der Waals surface area contributed by atoms with Crippen LogP contribution in [0.3, 0.4) is 0 Å². The van der Waals surface area contributed by atoms with Crippen LogP contribution in [0.2, 0.25) is 0 Å². The van der Waals surface area contributed by atoms with Crippen molar-refractivity contribution in [3.05, 3.63) is 29.8 Å². The topological polar surface area (TPSA) is 88.6 Å². The molecule has 0 aromatic heterocycles. The molecule has 0 saturated carbocycles. The van der Waals surface area contributed by atoms with Crippen molar-refractivity contribution in [3.63, 3.8) is 0 Å². The summed E-state index contributed by atoms with van der Waals surface area (Å²) >= 11 is -2.22. The van der Waals surface area contributed by atoms with E-state index in [-0.39, 0.29) is 5.88 Å². The van der Waals surface area contributed by atoms with Gasteiger partial charge in [0.05, 0.1) is 17.3 Å². The molecule has 0 aliphatic heterocycles. The molecule has 6 heteroatoms. The molecule has 0 saturated heterocycles. The normalized spacial score (nSPS) is 12.6. The van der Waals surface area contributed by atoms with Crippen LogP contribution in [0.15, 0.2) is 34.5 Å². The fourth-order valence-corrected chi connectivity index (χ4v) is 0.947. The fourth-order valence-electron chi connectivity index (χ4n) is 0.795. The first kappa shape index (κ1) is 10.5. The second-order valence-corrected chi connectivity index (χ2v) is 3.20. The van der Waals surface area contributed by atoms with Crippen LogP contribution in [0.1, 0.15) is 5.56 Å². The second kappa shape index (κ2) is 5.21. The van der Waals surface area contributed by atoms with Gasteiger partial charge in [0.1, 0.15) is 5.88 Å². The zero-order valence-corrected chi connectivity index (χ0v) is 7.90. The zero-order chi connectivity index (χ0) is 10.4. The van der Waals surface area contributed by atoms with Gasteiger partial charge in [-0.2, -0.15) is 15.5 Å². The largest absolute Gasteiger partial charge is 0.771 e. The predicted octanol–water partition coefficient (Wildman–Crippen LogP) is 1.48. The van der Waals surface area contributed by atoms with E-state index in [1.165, 1.54) is 6.07 Å². The van der Waals surface area contributed by atoms with E-state index in [0.717, 1.165) is 0 Å². The van der Waals surface area contributed by atoms with Crippen molar-refractivity contribution in [3.8, 4) is 6.07 Å². The molecule has 0 fully saturated rings. The van der Waals surface area contributed by atoms with Crippen molar-refractivity contribution < 1.29 is 8.76 Å². The van der Waals surface area contributed by atoms with E-state index >= 15 is 0 Å². The van der Waals surface area contributed by atoms with Crippen LogP contribution in [0.4, 0.5) is 5.69 Å². The Morgan fingerprint density at radius 2 is 2.36 bits per heavy atom. The van der Waals surface area contributed by atoms with Gasteiger partial charge in [-0.3, -0.25) is 4.21 Å². The van der Waals surface area contributed by atoms with Crippen LogP contribution < -0.4 is 0 Å². The molecular formula is C8H6N3O2S-. The van der Waals surface area contributed by atoms with Crippen LogP contribution in [0, 0.1) is 11.3 Å². The SMILES string of the molecule is N#Cc1cccc(N=NCS(=O)[O-])c1. The maximum Gasteiger partial charge on any atom is 0.122 e. The lowest BCUT2D eigenvalue weighted by atomic mass is 10.2. The molecule has 1 aromatic carbocycles. The van der Waals surface area contributed by atoms with Crippen LogP contribution in [0.5, 0.6) is 0 Å². The number of hydrogen-bond donors (Lipinski definition) is 0. The monoisotopic (exact) mass is 208 g/mol. The Morgan fingerprint density at radius 1 is 1.57 bits per heavy atom. The van der Waals surface area contributed by atoms with Gasteiger partial charge in [0.25, 0.3) is 0 Å². The van der Waals surface area contributed by atoms with Gasteiger partial charge in [-0.15, -0.1) is 0 Å². The van der Waals surface area contributed by atoms with E-state index in [9.17, 15) is 8.76 Å².